The van der Waals surface area contributed by atoms with Crippen LogP contribution in [0.1, 0.15) is 16.8 Å². The van der Waals surface area contributed by atoms with E-state index in [1.807, 2.05) is 66.1 Å². The van der Waals surface area contributed by atoms with E-state index in [0.717, 1.165) is 27.8 Å². The third-order valence-corrected chi connectivity index (χ3v) is 5.61. The van der Waals surface area contributed by atoms with Gasteiger partial charge in [-0.05, 0) is 24.2 Å². The smallest absolute Gasteiger partial charge is 0.315 e. The van der Waals surface area contributed by atoms with Crippen LogP contribution in [0.4, 0.5) is 5.82 Å². The molecule has 5 nitrogen and oxygen atoms in total. The third-order valence-electron chi connectivity index (χ3n) is 4.46. The van der Waals surface area contributed by atoms with Crippen molar-refractivity contribution in [2.75, 3.05) is 11.1 Å². The molecule has 0 spiro atoms. The second-order valence-corrected chi connectivity index (χ2v) is 7.37. The predicted molar refractivity (Wildman–Crippen MR) is 105 cm³/mol. The summed E-state index contributed by atoms with van der Waals surface area (Å²) >= 11 is 1.60. The lowest BCUT2D eigenvalue weighted by Crippen LogP contribution is -2.40. The number of amidine groups is 1. The van der Waals surface area contributed by atoms with Crippen molar-refractivity contribution in [3.8, 4) is 0 Å². The van der Waals surface area contributed by atoms with Crippen molar-refractivity contribution in [2.45, 2.75) is 19.2 Å². The molecule has 26 heavy (non-hydrogen) atoms. The van der Waals surface area contributed by atoms with Crippen LogP contribution in [0.5, 0.6) is 0 Å². The molecule has 132 valence electrons. The number of aryl methyl sites for hydroxylation is 1. The van der Waals surface area contributed by atoms with E-state index >= 15 is 0 Å². The number of benzene rings is 2. The standard InChI is InChI=1S/C20H20N4OS/c1-15-12-18(23-22-15)21-19-24(13-16-8-4-2-5-9-16)20(25,14-26-19)17-10-6-3-7-11-17/h2-12,25H,13-14H2,1H3,(H,22,23)/p+1. The minimum Gasteiger partial charge on any atom is -0.349 e. The number of hydrogen-bond donors (Lipinski definition) is 3. The molecule has 0 aliphatic carbocycles. The van der Waals surface area contributed by atoms with Gasteiger partial charge in [-0.3, -0.25) is 5.10 Å². The fraction of sp³-hybridized carbons (Fsp3) is 0.200. The van der Waals surface area contributed by atoms with Crippen LogP contribution in [-0.4, -0.2) is 30.8 Å². The van der Waals surface area contributed by atoms with Crippen molar-refractivity contribution < 1.29 is 9.68 Å². The number of aromatic nitrogens is 2. The molecule has 0 radical (unpaired) electrons. The maximum absolute atomic E-state index is 11.6. The minimum absolute atomic E-state index is 0.551. The first-order valence-corrected chi connectivity index (χ1v) is 9.52. The Morgan fingerprint density at radius 2 is 1.85 bits per heavy atom. The van der Waals surface area contributed by atoms with Gasteiger partial charge in [-0.25, -0.2) is 9.89 Å². The van der Waals surface area contributed by atoms with E-state index in [1.54, 1.807) is 11.8 Å². The molecule has 1 aromatic heterocycles. The average molecular weight is 365 g/mol. The zero-order valence-electron chi connectivity index (χ0n) is 14.5. The van der Waals surface area contributed by atoms with Gasteiger partial charge in [0.15, 0.2) is 0 Å². The number of aromatic amines is 1. The SMILES string of the molecule is Cc1cc(NC2=[N+](Cc3ccccc3)C(O)(c3ccccc3)CS2)n[nH]1. The molecule has 1 atom stereocenters. The van der Waals surface area contributed by atoms with Crippen molar-refractivity contribution in [3.05, 3.63) is 83.6 Å². The average Bonchev–Trinajstić information content (AvgIpc) is 3.22. The molecular formula is C20H21N4OS+. The van der Waals surface area contributed by atoms with Crippen molar-refractivity contribution >= 4 is 22.7 Å². The third kappa shape index (κ3) is 3.25. The normalized spacial score (nSPS) is 19.8. The quantitative estimate of drug-likeness (QED) is 0.621. The van der Waals surface area contributed by atoms with Gasteiger partial charge in [0.05, 0.1) is 5.75 Å². The van der Waals surface area contributed by atoms with Crippen LogP contribution < -0.4 is 5.32 Å². The zero-order chi connectivity index (χ0) is 18.0. The van der Waals surface area contributed by atoms with Crippen LogP contribution in [0.25, 0.3) is 0 Å². The summed E-state index contributed by atoms with van der Waals surface area (Å²) in [6.45, 7) is 2.57. The lowest BCUT2D eigenvalue weighted by atomic mass is 10.0. The van der Waals surface area contributed by atoms with Gasteiger partial charge in [-0.15, -0.1) is 5.10 Å². The van der Waals surface area contributed by atoms with Crippen LogP contribution in [0, 0.1) is 6.92 Å². The summed E-state index contributed by atoms with van der Waals surface area (Å²) in [4.78, 5) is 0. The van der Waals surface area contributed by atoms with Gasteiger partial charge in [0.2, 0.25) is 11.5 Å². The highest BCUT2D eigenvalue weighted by Gasteiger charge is 2.46. The highest BCUT2D eigenvalue weighted by Crippen LogP contribution is 2.35. The summed E-state index contributed by atoms with van der Waals surface area (Å²) in [6, 6.07) is 22.0. The molecular weight excluding hydrogens is 344 g/mol. The Labute approximate surface area is 156 Å². The molecule has 1 aliphatic rings. The zero-order valence-corrected chi connectivity index (χ0v) is 15.3. The van der Waals surface area contributed by atoms with Crippen LogP contribution in [0.2, 0.25) is 0 Å². The Morgan fingerprint density at radius 3 is 2.50 bits per heavy atom. The molecule has 3 N–H and O–H groups in total. The second kappa shape index (κ2) is 6.97. The van der Waals surface area contributed by atoms with Gasteiger partial charge < -0.3 is 5.11 Å². The molecule has 3 aromatic rings. The number of thioether (sulfide) groups is 1. The van der Waals surface area contributed by atoms with Crippen molar-refractivity contribution in [3.63, 3.8) is 0 Å². The molecule has 0 amide bonds. The van der Waals surface area contributed by atoms with E-state index in [-0.39, 0.29) is 0 Å². The number of hydrogen-bond acceptors (Lipinski definition) is 4. The molecule has 2 aromatic carbocycles. The molecule has 0 bridgehead atoms. The van der Waals surface area contributed by atoms with E-state index in [4.69, 9.17) is 0 Å². The molecule has 6 heteroatoms. The Balaban J connectivity index is 1.74. The van der Waals surface area contributed by atoms with Crippen LogP contribution in [0.3, 0.4) is 0 Å². The molecule has 0 saturated carbocycles. The van der Waals surface area contributed by atoms with Gasteiger partial charge in [0, 0.05) is 17.3 Å². The second-order valence-electron chi connectivity index (χ2n) is 6.41. The Bertz CT molecular complexity index is 923. The molecule has 1 unspecified atom stereocenters. The monoisotopic (exact) mass is 365 g/mol. The first-order valence-electron chi connectivity index (χ1n) is 8.53. The highest BCUT2D eigenvalue weighted by atomic mass is 32.2. The number of nitrogens with one attached hydrogen (secondary N) is 2. The summed E-state index contributed by atoms with van der Waals surface area (Å²) < 4.78 is 2.02. The fourth-order valence-electron chi connectivity index (χ4n) is 3.10. The number of nitrogens with zero attached hydrogens (tertiary/aromatic N) is 2. The largest absolute Gasteiger partial charge is 0.349 e. The first kappa shape index (κ1) is 16.9. The van der Waals surface area contributed by atoms with E-state index < -0.39 is 5.72 Å². The van der Waals surface area contributed by atoms with Crippen LogP contribution in [0.15, 0.2) is 66.7 Å². The van der Waals surface area contributed by atoms with Crippen molar-refractivity contribution in [2.24, 2.45) is 0 Å². The first-order chi connectivity index (χ1) is 12.6. The summed E-state index contributed by atoms with van der Waals surface area (Å²) in [7, 11) is 0. The van der Waals surface area contributed by atoms with Gasteiger partial charge in [-0.2, -0.15) is 0 Å². The van der Waals surface area contributed by atoms with Gasteiger partial charge in [0.25, 0.3) is 0 Å². The summed E-state index contributed by atoms with van der Waals surface area (Å²) in [6.07, 6.45) is 0. The minimum atomic E-state index is -1.07. The van der Waals surface area contributed by atoms with Gasteiger partial charge >= 0.3 is 5.17 Å². The summed E-state index contributed by atoms with van der Waals surface area (Å²) in [5.41, 5.74) is 1.94. The predicted octanol–water partition coefficient (Wildman–Crippen LogP) is 3.29. The van der Waals surface area contributed by atoms with E-state index in [1.165, 1.54) is 0 Å². The molecule has 2 heterocycles. The summed E-state index contributed by atoms with van der Waals surface area (Å²) in [5, 5.41) is 23.0. The van der Waals surface area contributed by atoms with Crippen molar-refractivity contribution in [1.82, 2.24) is 10.2 Å². The summed E-state index contributed by atoms with van der Waals surface area (Å²) in [5.74, 6) is 1.30. The van der Waals surface area contributed by atoms with Crippen LogP contribution >= 0.6 is 11.8 Å². The number of aliphatic hydroxyl groups is 1. The Kier molecular flexibility index (Phi) is 4.53. The van der Waals surface area contributed by atoms with Crippen LogP contribution in [-0.2, 0) is 12.3 Å². The number of H-pyrrole nitrogens is 1. The van der Waals surface area contributed by atoms with E-state index in [9.17, 15) is 5.11 Å². The molecule has 1 aliphatic heterocycles. The molecule has 4 rings (SSSR count). The Morgan fingerprint density at radius 1 is 1.15 bits per heavy atom. The molecule has 0 saturated heterocycles. The maximum Gasteiger partial charge on any atom is 0.315 e. The molecule has 0 fully saturated rings. The highest BCUT2D eigenvalue weighted by molar-refractivity contribution is 8.14. The Hall–Kier alpha value is -2.57. The maximum atomic E-state index is 11.6. The fourth-order valence-corrected chi connectivity index (χ4v) is 4.31. The lowest BCUT2D eigenvalue weighted by Gasteiger charge is -2.24. The number of rotatable bonds is 4. The van der Waals surface area contributed by atoms with Gasteiger partial charge in [0.1, 0.15) is 6.54 Å². The topological polar surface area (TPSA) is 63.9 Å². The van der Waals surface area contributed by atoms with Gasteiger partial charge in [-0.1, -0.05) is 60.7 Å². The van der Waals surface area contributed by atoms with E-state index in [2.05, 4.69) is 27.6 Å². The van der Waals surface area contributed by atoms with E-state index in [0.29, 0.717) is 12.3 Å². The number of anilines is 1. The van der Waals surface area contributed by atoms with Crippen molar-refractivity contribution in [1.29, 1.82) is 0 Å². The lowest BCUT2D eigenvalue weighted by molar-refractivity contribution is -0.670.